The van der Waals surface area contributed by atoms with Crippen LogP contribution in [0.25, 0.3) is 0 Å². The van der Waals surface area contributed by atoms with Gasteiger partial charge in [0.15, 0.2) is 0 Å². The lowest BCUT2D eigenvalue weighted by Crippen LogP contribution is -2.31. The van der Waals surface area contributed by atoms with E-state index >= 15 is 0 Å². The van der Waals surface area contributed by atoms with Crippen molar-refractivity contribution in [1.29, 1.82) is 0 Å². The Labute approximate surface area is 94.1 Å². The predicted octanol–water partition coefficient (Wildman–Crippen LogP) is 2.34. The summed E-state index contributed by atoms with van der Waals surface area (Å²) in [7, 11) is 0. The minimum Gasteiger partial charge on any atom is -0.395 e. The number of nitrogens with one attached hydrogen (secondary N) is 1. The van der Waals surface area contributed by atoms with Crippen molar-refractivity contribution >= 4 is 11.6 Å². The van der Waals surface area contributed by atoms with Crippen molar-refractivity contribution in [2.45, 2.75) is 25.9 Å². The summed E-state index contributed by atoms with van der Waals surface area (Å²) in [6.07, 6.45) is 0.794. The van der Waals surface area contributed by atoms with Gasteiger partial charge in [-0.25, -0.2) is 4.39 Å². The first-order valence-electron chi connectivity index (χ1n) is 4.96. The molecule has 0 radical (unpaired) electrons. The van der Waals surface area contributed by atoms with Crippen LogP contribution in [0.1, 0.15) is 18.9 Å². The number of benzene rings is 1. The largest absolute Gasteiger partial charge is 0.395 e. The third kappa shape index (κ3) is 3.45. The van der Waals surface area contributed by atoms with Crippen molar-refractivity contribution in [2.24, 2.45) is 0 Å². The highest BCUT2D eigenvalue weighted by molar-refractivity contribution is 6.31. The molecular weight excluding hydrogens is 217 g/mol. The number of halogens is 2. The van der Waals surface area contributed by atoms with Crippen LogP contribution in [0, 0.1) is 5.82 Å². The monoisotopic (exact) mass is 231 g/mol. The lowest BCUT2D eigenvalue weighted by atomic mass is 10.2. The van der Waals surface area contributed by atoms with Crippen molar-refractivity contribution in [1.82, 2.24) is 5.32 Å². The molecule has 0 fully saturated rings. The van der Waals surface area contributed by atoms with Crippen molar-refractivity contribution < 1.29 is 9.50 Å². The van der Waals surface area contributed by atoms with Gasteiger partial charge in [0.1, 0.15) is 5.82 Å². The highest BCUT2D eigenvalue weighted by Crippen LogP contribution is 2.18. The molecule has 1 aromatic carbocycles. The van der Waals surface area contributed by atoms with Crippen LogP contribution in [0.3, 0.4) is 0 Å². The molecule has 0 aliphatic heterocycles. The van der Waals surface area contributed by atoms with Gasteiger partial charge >= 0.3 is 0 Å². The Morgan fingerprint density at radius 3 is 2.80 bits per heavy atom. The molecule has 4 heteroatoms. The van der Waals surface area contributed by atoms with E-state index in [1.165, 1.54) is 6.07 Å². The molecule has 0 aliphatic rings. The minimum absolute atomic E-state index is 0.0133. The Morgan fingerprint density at radius 2 is 2.27 bits per heavy atom. The first kappa shape index (κ1) is 12.4. The van der Waals surface area contributed by atoms with E-state index in [2.05, 4.69) is 5.32 Å². The summed E-state index contributed by atoms with van der Waals surface area (Å²) in [5, 5.41) is 12.4. The molecule has 0 unspecified atom stereocenters. The number of rotatable bonds is 5. The molecule has 15 heavy (non-hydrogen) atoms. The third-order valence-corrected chi connectivity index (χ3v) is 2.70. The summed E-state index contributed by atoms with van der Waals surface area (Å²) >= 11 is 5.86. The fourth-order valence-electron chi connectivity index (χ4n) is 1.29. The number of hydrogen-bond donors (Lipinski definition) is 2. The average molecular weight is 232 g/mol. The molecule has 0 heterocycles. The van der Waals surface area contributed by atoms with E-state index in [9.17, 15) is 4.39 Å². The van der Waals surface area contributed by atoms with E-state index in [-0.39, 0.29) is 18.5 Å². The van der Waals surface area contributed by atoms with Crippen molar-refractivity contribution in [3.8, 4) is 0 Å². The van der Waals surface area contributed by atoms with Crippen LogP contribution in [-0.4, -0.2) is 17.8 Å². The molecule has 0 amide bonds. The van der Waals surface area contributed by atoms with E-state index in [0.29, 0.717) is 17.1 Å². The highest BCUT2D eigenvalue weighted by Gasteiger charge is 2.09. The van der Waals surface area contributed by atoms with Gasteiger partial charge < -0.3 is 10.4 Å². The molecule has 0 saturated carbocycles. The van der Waals surface area contributed by atoms with Crippen LogP contribution in [0.15, 0.2) is 18.2 Å². The lowest BCUT2D eigenvalue weighted by molar-refractivity contribution is 0.238. The summed E-state index contributed by atoms with van der Waals surface area (Å²) < 4.78 is 13.3. The van der Waals surface area contributed by atoms with Crippen LogP contribution in [0.2, 0.25) is 5.02 Å². The van der Waals surface area contributed by atoms with Gasteiger partial charge in [-0.2, -0.15) is 0 Å². The first-order chi connectivity index (χ1) is 7.19. The zero-order chi connectivity index (χ0) is 11.3. The fourth-order valence-corrected chi connectivity index (χ4v) is 1.52. The summed E-state index contributed by atoms with van der Waals surface area (Å²) in [5.74, 6) is -0.317. The van der Waals surface area contributed by atoms with Gasteiger partial charge in [-0.1, -0.05) is 24.6 Å². The summed E-state index contributed by atoms with van der Waals surface area (Å²) in [4.78, 5) is 0. The second-order valence-electron chi connectivity index (χ2n) is 3.37. The van der Waals surface area contributed by atoms with Crippen LogP contribution in [0.5, 0.6) is 0 Å². The predicted molar refractivity (Wildman–Crippen MR) is 59.4 cm³/mol. The SMILES string of the molecule is CC[C@@H](CO)NCc1c(F)cccc1Cl. The Balaban J connectivity index is 2.64. The van der Waals surface area contributed by atoms with Gasteiger partial charge in [0.05, 0.1) is 6.61 Å². The molecule has 1 aromatic rings. The summed E-state index contributed by atoms with van der Waals surface area (Å²) in [6.45, 7) is 2.34. The smallest absolute Gasteiger partial charge is 0.129 e. The maximum Gasteiger partial charge on any atom is 0.129 e. The second kappa shape index (κ2) is 6.05. The quantitative estimate of drug-likeness (QED) is 0.815. The Hall–Kier alpha value is -0.640. The van der Waals surface area contributed by atoms with Gasteiger partial charge in [-0.05, 0) is 18.6 Å². The molecule has 2 nitrogen and oxygen atoms in total. The van der Waals surface area contributed by atoms with Crippen LogP contribution in [0.4, 0.5) is 4.39 Å². The van der Waals surface area contributed by atoms with Gasteiger partial charge in [0.25, 0.3) is 0 Å². The van der Waals surface area contributed by atoms with Crippen LogP contribution in [-0.2, 0) is 6.54 Å². The number of hydrogen-bond acceptors (Lipinski definition) is 2. The number of aliphatic hydroxyl groups excluding tert-OH is 1. The van der Waals surface area contributed by atoms with E-state index in [1.54, 1.807) is 12.1 Å². The Morgan fingerprint density at radius 1 is 1.53 bits per heavy atom. The Bertz CT molecular complexity index is 295. The summed E-state index contributed by atoms with van der Waals surface area (Å²) in [6, 6.07) is 4.59. The zero-order valence-electron chi connectivity index (χ0n) is 8.63. The second-order valence-corrected chi connectivity index (χ2v) is 3.78. The molecule has 0 aromatic heterocycles. The fraction of sp³-hybridized carbons (Fsp3) is 0.455. The maximum absolute atomic E-state index is 13.3. The molecule has 2 N–H and O–H groups in total. The Kier molecular flexibility index (Phi) is 5.02. The van der Waals surface area contributed by atoms with Crippen molar-refractivity contribution in [3.63, 3.8) is 0 Å². The van der Waals surface area contributed by atoms with E-state index in [1.807, 2.05) is 6.92 Å². The summed E-state index contributed by atoms with van der Waals surface area (Å²) in [5.41, 5.74) is 0.450. The lowest BCUT2D eigenvalue weighted by Gasteiger charge is -2.14. The van der Waals surface area contributed by atoms with Gasteiger partial charge in [0.2, 0.25) is 0 Å². The molecule has 1 atom stereocenters. The van der Waals surface area contributed by atoms with Crippen molar-refractivity contribution in [2.75, 3.05) is 6.61 Å². The topological polar surface area (TPSA) is 32.3 Å². The van der Waals surface area contributed by atoms with Gasteiger partial charge in [0, 0.05) is 23.2 Å². The number of aliphatic hydroxyl groups is 1. The highest BCUT2D eigenvalue weighted by atomic mass is 35.5. The standard InChI is InChI=1S/C11H15ClFNO/c1-2-8(7-15)14-6-9-10(12)4-3-5-11(9)13/h3-5,8,14-15H,2,6-7H2,1H3/t8-/m0/s1. The first-order valence-corrected chi connectivity index (χ1v) is 5.34. The molecule has 0 bridgehead atoms. The van der Waals surface area contributed by atoms with Gasteiger partial charge in [-0.3, -0.25) is 0 Å². The maximum atomic E-state index is 13.3. The van der Waals surface area contributed by atoms with Gasteiger partial charge in [-0.15, -0.1) is 0 Å². The average Bonchev–Trinajstić information content (AvgIpc) is 2.23. The molecule has 84 valence electrons. The van der Waals surface area contributed by atoms with E-state index < -0.39 is 0 Å². The zero-order valence-corrected chi connectivity index (χ0v) is 9.39. The molecule has 1 rings (SSSR count). The van der Waals surface area contributed by atoms with Crippen molar-refractivity contribution in [3.05, 3.63) is 34.6 Å². The molecular formula is C11H15ClFNO. The minimum atomic E-state index is -0.317. The molecule has 0 aliphatic carbocycles. The van der Waals surface area contributed by atoms with Crippen LogP contribution >= 0.6 is 11.6 Å². The molecule has 0 spiro atoms. The van der Waals surface area contributed by atoms with E-state index in [0.717, 1.165) is 6.42 Å². The van der Waals surface area contributed by atoms with E-state index in [4.69, 9.17) is 16.7 Å². The molecule has 0 saturated heterocycles. The third-order valence-electron chi connectivity index (χ3n) is 2.34. The van der Waals surface area contributed by atoms with Crippen LogP contribution < -0.4 is 5.32 Å². The normalized spacial score (nSPS) is 12.8.